The van der Waals surface area contributed by atoms with E-state index in [4.69, 9.17) is 4.74 Å². The Morgan fingerprint density at radius 1 is 1.75 bits per heavy atom. The Kier molecular flexibility index (Phi) is 5.86. The molecule has 0 aliphatic rings. The third-order valence-electron chi connectivity index (χ3n) is 0.862. The third-order valence-corrected chi connectivity index (χ3v) is 1.73. The summed E-state index contributed by atoms with van der Waals surface area (Å²) in [7, 11) is 1.73. The molecule has 0 spiro atoms. The average molecular weight is 226 g/mol. The molecule has 0 aliphatic heterocycles. The molecule has 0 aromatic rings. The number of hydrogen-bond donors (Lipinski definition) is 0. The van der Waals surface area contributed by atoms with E-state index in [2.05, 4.69) is 22.6 Å². The first-order chi connectivity index (χ1) is 3.85. The van der Waals surface area contributed by atoms with Crippen LogP contribution in [0.5, 0.6) is 0 Å². The van der Waals surface area contributed by atoms with Crippen LogP contribution in [0, 0.1) is 0 Å². The molecule has 1 unspecified atom stereocenters. The van der Waals surface area contributed by atoms with E-state index < -0.39 is 0 Å². The van der Waals surface area contributed by atoms with Crippen LogP contribution in [-0.4, -0.2) is 17.6 Å². The maximum atomic E-state index is 5.05. The minimum atomic E-state index is 0.306. The summed E-state index contributed by atoms with van der Waals surface area (Å²) in [5, 5.41) is 0. The first kappa shape index (κ1) is 8.43. The van der Waals surface area contributed by atoms with E-state index in [1.807, 2.05) is 19.1 Å². The van der Waals surface area contributed by atoms with Gasteiger partial charge in [-0.2, -0.15) is 0 Å². The molecule has 0 aromatic carbocycles. The van der Waals surface area contributed by atoms with Crippen molar-refractivity contribution in [3.8, 4) is 0 Å². The molecule has 0 heterocycles. The van der Waals surface area contributed by atoms with Crippen LogP contribution in [0.15, 0.2) is 12.2 Å². The summed E-state index contributed by atoms with van der Waals surface area (Å²) in [4.78, 5) is 0. The number of ether oxygens (including phenoxy) is 1. The lowest BCUT2D eigenvalue weighted by molar-refractivity contribution is 0.162. The van der Waals surface area contributed by atoms with E-state index in [1.54, 1.807) is 7.11 Å². The maximum absolute atomic E-state index is 5.05. The molecule has 0 saturated carbocycles. The van der Waals surface area contributed by atoms with E-state index in [1.165, 1.54) is 0 Å². The van der Waals surface area contributed by atoms with Crippen molar-refractivity contribution in [2.75, 3.05) is 11.5 Å². The molecule has 0 fully saturated rings. The number of rotatable bonds is 3. The molecule has 8 heavy (non-hydrogen) atoms. The van der Waals surface area contributed by atoms with Gasteiger partial charge in [0.15, 0.2) is 0 Å². The van der Waals surface area contributed by atoms with Gasteiger partial charge in [-0.25, -0.2) is 0 Å². The number of halogens is 1. The lowest BCUT2D eigenvalue weighted by Crippen LogP contribution is -2.06. The average Bonchev–Trinajstić information content (AvgIpc) is 1.83. The zero-order valence-corrected chi connectivity index (χ0v) is 7.38. The second kappa shape index (κ2) is 5.56. The summed E-state index contributed by atoms with van der Waals surface area (Å²) in [5.74, 6) is 0. The molecule has 0 saturated heterocycles. The van der Waals surface area contributed by atoms with E-state index in [0.29, 0.717) is 6.10 Å². The van der Waals surface area contributed by atoms with Crippen LogP contribution in [0.2, 0.25) is 0 Å². The van der Waals surface area contributed by atoms with Gasteiger partial charge in [0.2, 0.25) is 0 Å². The predicted molar refractivity (Wildman–Crippen MR) is 44.5 cm³/mol. The largest absolute Gasteiger partial charge is 0.377 e. The number of alkyl halides is 1. The van der Waals surface area contributed by atoms with Gasteiger partial charge in [-0.3, -0.25) is 0 Å². The van der Waals surface area contributed by atoms with Gasteiger partial charge < -0.3 is 4.74 Å². The highest BCUT2D eigenvalue weighted by Crippen LogP contribution is 1.96. The van der Waals surface area contributed by atoms with Crippen molar-refractivity contribution in [1.29, 1.82) is 0 Å². The molecule has 0 N–H and O–H groups in total. The van der Waals surface area contributed by atoms with E-state index in [0.717, 1.165) is 4.43 Å². The van der Waals surface area contributed by atoms with Crippen LogP contribution in [0.3, 0.4) is 0 Å². The number of allylic oxidation sites excluding steroid dienone is 1. The SMILES string of the molecule is C/C=C/C(CI)OC. The molecule has 0 amide bonds. The second-order valence-corrected chi connectivity index (χ2v) is 2.34. The van der Waals surface area contributed by atoms with Crippen molar-refractivity contribution >= 4 is 22.6 Å². The van der Waals surface area contributed by atoms with E-state index in [-0.39, 0.29) is 0 Å². The summed E-state index contributed by atoms with van der Waals surface area (Å²) < 4.78 is 6.07. The van der Waals surface area contributed by atoms with Crippen molar-refractivity contribution in [3.05, 3.63) is 12.2 Å². The van der Waals surface area contributed by atoms with Gasteiger partial charge in [-0.1, -0.05) is 34.7 Å². The lowest BCUT2D eigenvalue weighted by atomic mass is 10.4. The Balaban J connectivity index is 3.36. The highest BCUT2D eigenvalue weighted by Gasteiger charge is 1.95. The van der Waals surface area contributed by atoms with Gasteiger partial charge in [0.05, 0.1) is 6.10 Å². The van der Waals surface area contributed by atoms with Gasteiger partial charge >= 0.3 is 0 Å². The molecule has 0 radical (unpaired) electrons. The smallest absolute Gasteiger partial charge is 0.0841 e. The zero-order chi connectivity index (χ0) is 6.41. The van der Waals surface area contributed by atoms with Gasteiger partial charge in [0, 0.05) is 11.5 Å². The maximum Gasteiger partial charge on any atom is 0.0841 e. The fourth-order valence-electron chi connectivity index (χ4n) is 0.408. The summed E-state index contributed by atoms with van der Waals surface area (Å²) in [6.45, 7) is 2.00. The molecule has 1 nitrogen and oxygen atoms in total. The zero-order valence-electron chi connectivity index (χ0n) is 5.23. The van der Waals surface area contributed by atoms with Crippen LogP contribution in [0.25, 0.3) is 0 Å². The van der Waals surface area contributed by atoms with Crippen molar-refractivity contribution < 1.29 is 4.74 Å². The summed E-state index contributed by atoms with van der Waals surface area (Å²) in [6.07, 6.45) is 4.36. The van der Waals surface area contributed by atoms with Gasteiger partial charge in [0.1, 0.15) is 0 Å². The number of hydrogen-bond acceptors (Lipinski definition) is 1. The van der Waals surface area contributed by atoms with Crippen molar-refractivity contribution in [2.45, 2.75) is 13.0 Å². The molecular formula is C6H11IO. The minimum Gasteiger partial charge on any atom is -0.377 e. The predicted octanol–water partition coefficient (Wildman–Crippen LogP) is 2.01. The third kappa shape index (κ3) is 3.43. The molecule has 0 rings (SSSR count). The first-order valence-electron chi connectivity index (χ1n) is 2.56. The Morgan fingerprint density at radius 2 is 2.38 bits per heavy atom. The lowest BCUT2D eigenvalue weighted by Gasteiger charge is -2.03. The van der Waals surface area contributed by atoms with E-state index >= 15 is 0 Å². The van der Waals surface area contributed by atoms with Gasteiger partial charge in [-0.15, -0.1) is 0 Å². The Morgan fingerprint density at radius 3 is 2.50 bits per heavy atom. The van der Waals surface area contributed by atoms with Crippen LogP contribution in [0.1, 0.15) is 6.92 Å². The Hall–Kier alpha value is 0.430. The highest BCUT2D eigenvalue weighted by molar-refractivity contribution is 14.1. The molecule has 0 aromatic heterocycles. The van der Waals surface area contributed by atoms with Crippen molar-refractivity contribution in [3.63, 3.8) is 0 Å². The number of methoxy groups -OCH3 is 1. The first-order valence-corrected chi connectivity index (χ1v) is 4.09. The molecular weight excluding hydrogens is 215 g/mol. The summed E-state index contributed by atoms with van der Waals surface area (Å²) in [6, 6.07) is 0. The quantitative estimate of drug-likeness (QED) is 0.406. The molecule has 2 heteroatoms. The fraction of sp³-hybridized carbons (Fsp3) is 0.667. The second-order valence-electron chi connectivity index (χ2n) is 1.45. The van der Waals surface area contributed by atoms with Crippen LogP contribution >= 0.6 is 22.6 Å². The van der Waals surface area contributed by atoms with Crippen molar-refractivity contribution in [2.24, 2.45) is 0 Å². The minimum absolute atomic E-state index is 0.306. The molecule has 0 bridgehead atoms. The fourth-order valence-corrected chi connectivity index (χ4v) is 1.06. The Bertz CT molecular complexity index is 66.9. The van der Waals surface area contributed by atoms with E-state index in [9.17, 15) is 0 Å². The standard InChI is InChI=1S/C6H11IO/c1-3-4-6(5-7)8-2/h3-4,6H,5H2,1-2H3/b4-3+. The van der Waals surface area contributed by atoms with Crippen molar-refractivity contribution in [1.82, 2.24) is 0 Å². The van der Waals surface area contributed by atoms with Crippen LogP contribution < -0.4 is 0 Å². The van der Waals surface area contributed by atoms with Crippen LogP contribution in [0.4, 0.5) is 0 Å². The summed E-state index contributed by atoms with van der Waals surface area (Å²) in [5.41, 5.74) is 0. The monoisotopic (exact) mass is 226 g/mol. The normalized spacial score (nSPS) is 14.9. The van der Waals surface area contributed by atoms with Crippen LogP contribution in [-0.2, 0) is 4.74 Å². The Labute approximate surface area is 64.2 Å². The van der Waals surface area contributed by atoms with Gasteiger partial charge in [0.25, 0.3) is 0 Å². The summed E-state index contributed by atoms with van der Waals surface area (Å²) >= 11 is 2.30. The topological polar surface area (TPSA) is 9.23 Å². The molecule has 48 valence electrons. The molecule has 0 aliphatic carbocycles. The molecule has 1 atom stereocenters. The van der Waals surface area contributed by atoms with Gasteiger partial charge in [-0.05, 0) is 6.92 Å². The highest BCUT2D eigenvalue weighted by atomic mass is 127.